The molecule has 0 spiro atoms. The van der Waals surface area contributed by atoms with Gasteiger partial charge in [0.15, 0.2) is 0 Å². The fourth-order valence-corrected chi connectivity index (χ4v) is 2.66. The highest BCUT2D eigenvalue weighted by atomic mass is 16.5. The van der Waals surface area contributed by atoms with Crippen LogP contribution in [0, 0.1) is 0 Å². The number of carbonyl (C=O) groups is 4. The van der Waals surface area contributed by atoms with Crippen LogP contribution in [-0.2, 0) is 35.1 Å². The number of hydrogen-bond donors (Lipinski definition) is 0. The van der Waals surface area contributed by atoms with E-state index in [2.05, 4.69) is 0 Å². The Labute approximate surface area is 188 Å². The van der Waals surface area contributed by atoms with E-state index < -0.39 is 17.9 Å². The maximum absolute atomic E-state index is 11.4. The Bertz CT molecular complexity index is 895. The maximum atomic E-state index is 11.4. The second-order valence-electron chi connectivity index (χ2n) is 7.17. The van der Waals surface area contributed by atoms with Gasteiger partial charge in [-0.3, -0.25) is 19.2 Å². The second kappa shape index (κ2) is 13.8. The molecule has 0 aliphatic rings. The van der Waals surface area contributed by atoms with Gasteiger partial charge in [0.2, 0.25) is 0 Å². The summed E-state index contributed by atoms with van der Waals surface area (Å²) in [4.78, 5) is 44.9. The van der Waals surface area contributed by atoms with E-state index in [-0.39, 0.29) is 19.2 Å². The smallest absolute Gasteiger partial charge is 0.308 e. The first-order valence-electron chi connectivity index (χ1n) is 10.2. The van der Waals surface area contributed by atoms with Crippen molar-refractivity contribution in [3.8, 4) is 11.5 Å². The molecule has 8 nitrogen and oxygen atoms in total. The number of carbonyl (C=O) groups excluding carboxylic acids is 4. The van der Waals surface area contributed by atoms with Gasteiger partial charge in [-0.05, 0) is 55.5 Å². The molecule has 0 fully saturated rings. The Kier molecular flexibility index (Phi) is 11.5. The molecule has 174 valence electrons. The minimum Gasteiger partial charge on any atom is -0.461 e. The van der Waals surface area contributed by atoms with Crippen LogP contribution in [0.3, 0.4) is 0 Å². The predicted molar refractivity (Wildman–Crippen MR) is 117 cm³/mol. The van der Waals surface area contributed by atoms with Gasteiger partial charge < -0.3 is 18.9 Å². The van der Waals surface area contributed by atoms with Crippen LogP contribution in [-0.4, -0.2) is 37.1 Å². The van der Waals surface area contributed by atoms with Crippen LogP contribution in [0.2, 0.25) is 0 Å². The largest absolute Gasteiger partial charge is 0.461 e. The van der Waals surface area contributed by atoms with Crippen molar-refractivity contribution < 1.29 is 38.1 Å². The molecule has 0 heterocycles. The molecule has 0 bridgehead atoms. The average Bonchev–Trinajstić information content (AvgIpc) is 2.68. The number of benzene rings is 1. The third-order valence-electron chi connectivity index (χ3n) is 4.08. The molecule has 0 saturated carbocycles. The van der Waals surface area contributed by atoms with Gasteiger partial charge in [0.1, 0.15) is 24.7 Å². The van der Waals surface area contributed by atoms with E-state index in [0.29, 0.717) is 36.3 Å². The van der Waals surface area contributed by atoms with Crippen molar-refractivity contribution in [1.29, 1.82) is 0 Å². The molecule has 0 N–H and O–H groups in total. The summed E-state index contributed by atoms with van der Waals surface area (Å²) in [6, 6.07) is 4.74. The van der Waals surface area contributed by atoms with Crippen LogP contribution < -0.4 is 9.47 Å². The van der Waals surface area contributed by atoms with Crippen molar-refractivity contribution in [2.75, 3.05) is 13.2 Å². The zero-order valence-electron chi connectivity index (χ0n) is 19.2. The van der Waals surface area contributed by atoms with Crippen LogP contribution in [0.15, 0.2) is 41.5 Å². The number of ether oxygens (including phenoxy) is 4. The average molecular weight is 446 g/mol. The SMILES string of the molecule is CC(=O)OC/C(=C\Cc1cc(OC(C)=O)ccc1OC(C)=O)CC/C=C(\C)COC(C)=O. The fourth-order valence-electron chi connectivity index (χ4n) is 2.66. The van der Waals surface area contributed by atoms with Crippen molar-refractivity contribution in [3.05, 3.63) is 47.1 Å². The van der Waals surface area contributed by atoms with Gasteiger partial charge in [0, 0.05) is 33.3 Å². The Morgan fingerprint density at radius 2 is 1.41 bits per heavy atom. The Morgan fingerprint density at radius 3 is 2.00 bits per heavy atom. The van der Waals surface area contributed by atoms with E-state index in [9.17, 15) is 19.2 Å². The molecule has 0 amide bonds. The lowest BCUT2D eigenvalue weighted by molar-refractivity contribution is -0.140. The summed E-state index contributed by atoms with van der Waals surface area (Å²) in [6.45, 7) is 7.51. The third kappa shape index (κ3) is 11.7. The van der Waals surface area contributed by atoms with Crippen LogP contribution in [0.4, 0.5) is 0 Å². The van der Waals surface area contributed by atoms with Gasteiger partial charge in [-0.1, -0.05) is 12.2 Å². The zero-order valence-corrected chi connectivity index (χ0v) is 19.2. The first-order chi connectivity index (χ1) is 15.1. The van der Waals surface area contributed by atoms with Crippen molar-refractivity contribution >= 4 is 23.9 Å². The molecule has 0 unspecified atom stereocenters. The molecule has 32 heavy (non-hydrogen) atoms. The summed E-state index contributed by atoms with van der Waals surface area (Å²) in [5, 5.41) is 0. The first-order valence-corrected chi connectivity index (χ1v) is 10.2. The summed E-state index contributed by atoms with van der Waals surface area (Å²) in [6.07, 6.45) is 5.47. The summed E-state index contributed by atoms with van der Waals surface area (Å²) < 4.78 is 20.5. The molecule has 0 aliphatic carbocycles. The number of esters is 4. The highest BCUT2D eigenvalue weighted by Gasteiger charge is 2.10. The van der Waals surface area contributed by atoms with Crippen LogP contribution >= 0.6 is 0 Å². The molecule has 1 rings (SSSR count). The monoisotopic (exact) mass is 446 g/mol. The highest BCUT2D eigenvalue weighted by molar-refractivity contribution is 5.71. The van der Waals surface area contributed by atoms with Crippen LogP contribution in [0.5, 0.6) is 11.5 Å². The van der Waals surface area contributed by atoms with Crippen molar-refractivity contribution in [1.82, 2.24) is 0 Å². The van der Waals surface area contributed by atoms with E-state index in [1.165, 1.54) is 27.7 Å². The van der Waals surface area contributed by atoms with Crippen molar-refractivity contribution in [2.24, 2.45) is 0 Å². The second-order valence-corrected chi connectivity index (χ2v) is 7.17. The number of allylic oxidation sites excluding steroid dienone is 2. The quantitative estimate of drug-likeness (QED) is 0.287. The summed E-state index contributed by atoms with van der Waals surface area (Å²) in [5.41, 5.74) is 2.42. The minimum absolute atomic E-state index is 0.124. The molecule has 0 aromatic heterocycles. The van der Waals surface area contributed by atoms with Gasteiger partial charge in [0.05, 0.1) is 0 Å². The van der Waals surface area contributed by atoms with Gasteiger partial charge in [-0.15, -0.1) is 0 Å². The molecule has 1 aromatic carbocycles. The standard InChI is InChI=1S/C24H30O8/c1-16(14-29-17(2)25)7-6-8-21(15-30-18(3)26)9-10-22-13-23(31-19(4)27)11-12-24(22)32-20(5)28/h7,9,11-13H,6,8,10,14-15H2,1-5H3/b16-7+,21-9-. The van der Waals surface area contributed by atoms with Crippen LogP contribution in [0.1, 0.15) is 53.0 Å². The summed E-state index contributed by atoms with van der Waals surface area (Å²) in [5.74, 6) is -0.971. The number of hydrogen-bond acceptors (Lipinski definition) is 8. The topological polar surface area (TPSA) is 105 Å². The molecule has 0 radical (unpaired) electrons. The van der Waals surface area contributed by atoms with Crippen molar-refractivity contribution in [2.45, 2.75) is 53.9 Å². The normalized spacial score (nSPS) is 11.5. The minimum atomic E-state index is -0.469. The summed E-state index contributed by atoms with van der Waals surface area (Å²) >= 11 is 0. The molecular weight excluding hydrogens is 416 g/mol. The van der Waals surface area contributed by atoms with Gasteiger partial charge in [-0.25, -0.2) is 0 Å². The van der Waals surface area contributed by atoms with E-state index in [4.69, 9.17) is 18.9 Å². The Hall–Kier alpha value is -3.42. The van der Waals surface area contributed by atoms with E-state index in [0.717, 1.165) is 11.1 Å². The Balaban J connectivity index is 3.00. The molecule has 0 atom stereocenters. The van der Waals surface area contributed by atoms with E-state index >= 15 is 0 Å². The highest BCUT2D eigenvalue weighted by Crippen LogP contribution is 2.26. The number of rotatable bonds is 11. The van der Waals surface area contributed by atoms with Gasteiger partial charge >= 0.3 is 23.9 Å². The molecule has 0 aliphatic heterocycles. The molecule has 1 aromatic rings. The van der Waals surface area contributed by atoms with Gasteiger partial charge in [0.25, 0.3) is 0 Å². The molecule has 8 heteroatoms. The lowest BCUT2D eigenvalue weighted by atomic mass is 10.0. The fraction of sp³-hybridized carbons (Fsp3) is 0.417. The van der Waals surface area contributed by atoms with Gasteiger partial charge in [-0.2, -0.15) is 0 Å². The van der Waals surface area contributed by atoms with Crippen LogP contribution in [0.25, 0.3) is 0 Å². The maximum Gasteiger partial charge on any atom is 0.308 e. The van der Waals surface area contributed by atoms with Crippen molar-refractivity contribution in [3.63, 3.8) is 0 Å². The first kappa shape index (κ1) is 26.6. The lowest BCUT2D eigenvalue weighted by Gasteiger charge is -2.11. The zero-order chi connectivity index (χ0) is 24.1. The Morgan fingerprint density at radius 1 is 0.781 bits per heavy atom. The molecular formula is C24H30O8. The summed E-state index contributed by atoms with van der Waals surface area (Å²) in [7, 11) is 0. The molecule has 0 saturated heterocycles. The van der Waals surface area contributed by atoms with E-state index in [1.54, 1.807) is 18.2 Å². The predicted octanol–water partition coefficient (Wildman–Crippen LogP) is 3.86. The third-order valence-corrected chi connectivity index (χ3v) is 4.08. The van der Waals surface area contributed by atoms with E-state index in [1.807, 2.05) is 19.1 Å². The lowest BCUT2D eigenvalue weighted by Crippen LogP contribution is -2.07.